The van der Waals surface area contributed by atoms with E-state index in [-0.39, 0.29) is 5.97 Å². The third-order valence-corrected chi connectivity index (χ3v) is 4.09. The molecular formula is C18H30O4. The molecule has 4 nitrogen and oxygen atoms in total. The van der Waals surface area contributed by atoms with Gasteiger partial charge in [0.1, 0.15) is 0 Å². The second-order valence-electron chi connectivity index (χ2n) is 5.93. The summed E-state index contributed by atoms with van der Waals surface area (Å²) < 4.78 is 5.13. The summed E-state index contributed by atoms with van der Waals surface area (Å²) in [6, 6.07) is 0. The molecule has 4 heteroatoms. The molecule has 0 aliphatic carbocycles. The molecule has 0 radical (unpaired) electrons. The van der Waals surface area contributed by atoms with Gasteiger partial charge >= 0.3 is 5.97 Å². The molecular weight excluding hydrogens is 280 g/mol. The Labute approximate surface area is 134 Å². The van der Waals surface area contributed by atoms with Crippen molar-refractivity contribution in [3.63, 3.8) is 0 Å². The minimum atomic E-state index is -0.257. The highest BCUT2D eigenvalue weighted by Crippen LogP contribution is 2.20. The molecule has 0 bridgehead atoms. The van der Waals surface area contributed by atoms with E-state index in [2.05, 4.69) is 11.0 Å². The van der Waals surface area contributed by atoms with Crippen molar-refractivity contribution in [3.05, 3.63) is 24.3 Å². The SMILES string of the molecule is O=C1/C=C/C=C/CCC(CCOO)CCCCCCCCO1. The van der Waals surface area contributed by atoms with Crippen LogP contribution in [0, 0.1) is 5.92 Å². The summed E-state index contributed by atoms with van der Waals surface area (Å²) in [6.07, 6.45) is 18.4. The van der Waals surface area contributed by atoms with Crippen molar-refractivity contribution in [3.8, 4) is 0 Å². The van der Waals surface area contributed by atoms with Gasteiger partial charge in [-0.2, -0.15) is 0 Å². The summed E-state index contributed by atoms with van der Waals surface area (Å²) in [4.78, 5) is 15.6. The molecule has 0 aromatic heterocycles. The number of allylic oxidation sites excluding steroid dienone is 3. The van der Waals surface area contributed by atoms with Crippen molar-refractivity contribution in [2.75, 3.05) is 13.2 Å². The lowest BCUT2D eigenvalue weighted by Gasteiger charge is -2.15. The average molecular weight is 310 g/mol. The smallest absolute Gasteiger partial charge is 0.330 e. The predicted molar refractivity (Wildman–Crippen MR) is 87.5 cm³/mol. The van der Waals surface area contributed by atoms with Gasteiger partial charge in [-0.3, -0.25) is 5.26 Å². The Morgan fingerprint density at radius 3 is 2.68 bits per heavy atom. The Balaban J connectivity index is 2.41. The Hall–Kier alpha value is -1.13. The molecule has 0 amide bonds. The summed E-state index contributed by atoms with van der Waals surface area (Å²) >= 11 is 0. The fraction of sp³-hybridized carbons (Fsp3) is 0.722. The van der Waals surface area contributed by atoms with E-state index in [1.165, 1.54) is 38.2 Å². The maximum atomic E-state index is 11.4. The zero-order chi connectivity index (χ0) is 15.9. The molecule has 0 saturated carbocycles. The second kappa shape index (κ2) is 13.5. The van der Waals surface area contributed by atoms with Crippen molar-refractivity contribution in [1.29, 1.82) is 0 Å². The molecule has 1 heterocycles. The summed E-state index contributed by atoms with van der Waals surface area (Å²) in [7, 11) is 0. The number of cyclic esters (lactones) is 1. The topological polar surface area (TPSA) is 55.8 Å². The quantitative estimate of drug-likeness (QED) is 0.468. The molecule has 22 heavy (non-hydrogen) atoms. The van der Waals surface area contributed by atoms with Crippen molar-refractivity contribution < 1.29 is 19.7 Å². The molecule has 1 unspecified atom stereocenters. The van der Waals surface area contributed by atoms with Gasteiger partial charge in [0.2, 0.25) is 0 Å². The van der Waals surface area contributed by atoms with E-state index in [1.807, 2.05) is 6.08 Å². The highest BCUT2D eigenvalue weighted by Gasteiger charge is 2.08. The number of carbonyl (C=O) groups is 1. The highest BCUT2D eigenvalue weighted by molar-refractivity contribution is 5.82. The van der Waals surface area contributed by atoms with Gasteiger partial charge in [0, 0.05) is 6.08 Å². The van der Waals surface area contributed by atoms with Gasteiger partial charge in [0.05, 0.1) is 13.2 Å². The molecule has 0 spiro atoms. The minimum Gasteiger partial charge on any atom is -0.463 e. The zero-order valence-corrected chi connectivity index (χ0v) is 13.5. The first kappa shape index (κ1) is 18.9. The van der Waals surface area contributed by atoms with E-state index in [0.717, 1.165) is 32.1 Å². The van der Waals surface area contributed by atoms with Crippen LogP contribution in [0.5, 0.6) is 0 Å². The van der Waals surface area contributed by atoms with E-state index < -0.39 is 0 Å². The summed E-state index contributed by atoms with van der Waals surface area (Å²) in [6.45, 7) is 0.941. The van der Waals surface area contributed by atoms with Gasteiger partial charge in [-0.05, 0) is 31.6 Å². The molecule has 1 aliphatic heterocycles. The van der Waals surface area contributed by atoms with Crippen LogP contribution >= 0.6 is 0 Å². The molecule has 0 saturated heterocycles. The number of ether oxygens (including phenoxy) is 1. The van der Waals surface area contributed by atoms with Crippen LogP contribution in [-0.2, 0) is 14.4 Å². The maximum absolute atomic E-state index is 11.4. The highest BCUT2D eigenvalue weighted by atomic mass is 17.1. The Bertz CT molecular complexity index is 336. The van der Waals surface area contributed by atoms with Crippen LogP contribution < -0.4 is 0 Å². The van der Waals surface area contributed by atoms with Crippen LogP contribution in [0.1, 0.15) is 64.2 Å². The summed E-state index contributed by atoms with van der Waals surface area (Å²) in [5.74, 6) is 0.341. The van der Waals surface area contributed by atoms with Crippen LogP contribution in [0.3, 0.4) is 0 Å². The van der Waals surface area contributed by atoms with Crippen LogP contribution in [0.15, 0.2) is 24.3 Å². The van der Waals surface area contributed by atoms with Gasteiger partial charge in [0.25, 0.3) is 0 Å². The zero-order valence-electron chi connectivity index (χ0n) is 13.5. The van der Waals surface area contributed by atoms with Gasteiger partial charge < -0.3 is 4.74 Å². The Morgan fingerprint density at radius 1 is 1.09 bits per heavy atom. The molecule has 0 fully saturated rings. The number of carbonyl (C=O) groups excluding carboxylic acids is 1. The van der Waals surface area contributed by atoms with Crippen LogP contribution in [0.2, 0.25) is 0 Å². The minimum absolute atomic E-state index is 0.257. The predicted octanol–water partition coefficient (Wildman–Crippen LogP) is 4.66. The molecule has 0 aromatic rings. The monoisotopic (exact) mass is 310 g/mol. The summed E-state index contributed by atoms with van der Waals surface area (Å²) in [5.41, 5.74) is 0. The fourth-order valence-corrected chi connectivity index (χ4v) is 2.76. The Morgan fingerprint density at radius 2 is 1.86 bits per heavy atom. The molecule has 1 aliphatic rings. The number of hydrogen-bond acceptors (Lipinski definition) is 4. The fourth-order valence-electron chi connectivity index (χ4n) is 2.76. The standard InChI is InChI=1S/C18H30O4/c19-18-13-9-5-4-8-12-17(14-16-22-20)11-7-3-1-2-6-10-15-21-18/h4-5,9,13,17,20H,1-3,6-8,10-12,14-16H2/b5-4+,13-9+. The third kappa shape index (κ3) is 10.6. The summed E-state index contributed by atoms with van der Waals surface area (Å²) in [5, 5.41) is 8.52. The van der Waals surface area contributed by atoms with E-state index in [1.54, 1.807) is 6.08 Å². The first-order valence-corrected chi connectivity index (χ1v) is 8.59. The molecule has 1 N–H and O–H groups in total. The van der Waals surface area contributed by atoms with Crippen LogP contribution in [-0.4, -0.2) is 24.4 Å². The lowest BCUT2D eigenvalue weighted by molar-refractivity contribution is -0.244. The normalized spacial score (nSPS) is 25.9. The Kier molecular flexibility index (Phi) is 11.6. The van der Waals surface area contributed by atoms with Gasteiger partial charge in [0.15, 0.2) is 0 Å². The largest absolute Gasteiger partial charge is 0.463 e. The van der Waals surface area contributed by atoms with E-state index >= 15 is 0 Å². The van der Waals surface area contributed by atoms with Crippen molar-refractivity contribution in [1.82, 2.24) is 0 Å². The number of esters is 1. The van der Waals surface area contributed by atoms with Crippen molar-refractivity contribution >= 4 is 5.97 Å². The lowest BCUT2D eigenvalue weighted by atomic mass is 9.93. The molecule has 1 rings (SSSR count). The first-order chi connectivity index (χ1) is 10.8. The van der Waals surface area contributed by atoms with Crippen LogP contribution in [0.25, 0.3) is 0 Å². The van der Waals surface area contributed by atoms with E-state index in [0.29, 0.717) is 19.1 Å². The number of hydrogen-bond donors (Lipinski definition) is 1. The van der Waals surface area contributed by atoms with E-state index in [4.69, 9.17) is 9.99 Å². The van der Waals surface area contributed by atoms with Gasteiger partial charge in [-0.25, -0.2) is 9.68 Å². The van der Waals surface area contributed by atoms with Gasteiger partial charge in [-0.1, -0.05) is 56.8 Å². The molecule has 0 aromatic carbocycles. The van der Waals surface area contributed by atoms with E-state index in [9.17, 15) is 4.79 Å². The molecule has 1 atom stereocenters. The van der Waals surface area contributed by atoms with Crippen molar-refractivity contribution in [2.24, 2.45) is 5.92 Å². The average Bonchev–Trinajstić information content (AvgIpc) is 2.52. The van der Waals surface area contributed by atoms with Crippen LogP contribution in [0.4, 0.5) is 0 Å². The molecule has 126 valence electrons. The second-order valence-corrected chi connectivity index (χ2v) is 5.93. The first-order valence-electron chi connectivity index (χ1n) is 8.59. The van der Waals surface area contributed by atoms with Gasteiger partial charge in [-0.15, -0.1) is 0 Å². The maximum Gasteiger partial charge on any atom is 0.330 e. The lowest BCUT2D eigenvalue weighted by Crippen LogP contribution is -2.04. The third-order valence-electron chi connectivity index (χ3n) is 4.09. The van der Waals surface area contributed by atoms with Crippen molar-refractivity contribution in [2.45, 2.75) is 64.2 Å². The number of rotatable bonds is 3.